The molecule has 4 rings (SSSR count). The molecular weight excluding hydrogens is 491 g/mol. The van der Waals surface area contributed by atoms with Crippen LogP contribution < -0.4 is 4.74 Å². The zero-order valence-corrected chi connectivity index (χ0v) is 22.2. The third kappa shape index (κ3) is 5.17. The summed E-state index contributed by atoms with van der Waals surface area (Å²) in [4.78, 5) is 56.6. The van der Waals surface area contributed by atoms with Crippen molar-refractivity contribution >= 4 is 34.4 Å². The Kier molecular flexibility index (Phi) is 7.63. The summed E-state index contributed by atoms with van der Waals surface area (Å²) in [6, 6.07) is 9.34. The van der Waals surface area contributed by atoms with E-state index in [-0.39, 0.29) is 40.5 Å². The standard InChI is InChI=1S/C28H31FN4O5/c1-17-14-31(15-19-6-8-20(29)9-7-19)10-11-32(17)27(36)22-12-21-23(26(35)28(37)30(3)4)16-33(18(2)34)24(21)13-25(22)38-5/h6-9,12-13,16-17H,10-11,14-15H2,1-5H3. The van der Waals surface area contributed by atoms with Crippen molar-refractivity contribution in [3.63, 3.8) is 0 Å². The molecule has 1 aliphatic rings. The average molecular weight is 523 g/mol. The number of aromatic nitrogens is 1. The van der Waals surface area contributed by atoms with Crippen LogP contribution in [0.5, 0.6) is 5.75 Å². The van der Waals surface area contributed by atoms with Gasteiger partial charge in [0, 0.05) is 70.9 Å². The molecule has 2 aromatic carbocycles. The Bertz CT molecular complexity index is 1410. The number of benzene rings is 2. The van der Waals surface area contributed by atoms with Crippen LogP contribution in [0.2, 0.25) is 0 Å². The number of fused-ring (bicyclic) bond motifs is 1. The zero-order chi connectivity index (χ0) is 27.7. The molecule has 38 heavy (non-hydrogen) atoms. The van der Waals surface area contributed by atoms with Gasteiger partial charge in [0.2, 0.25) is 5.91 Å². The maximum atomic E-state index is 13.8. The smallest absolute Gasteiger partial charge is 0.294 e. The summed E-state index contributed by atoms with van der Waals surface area (Å²) in [7, 11) is 4.38. The Morgan fingerprint density at radius 1 is 1.05 bits per heavy atom. The number of carbonyl (C=O) groups is 4. The van der Waals surface area contributed by atoms with Gasteiger partial charge in [0.1, 0.15) is 11.6 Å². The lowest BCUT2D eigenvalue weighted by atomic mass is 10.0. The van der Waals surface area contributed by atoms with Gasteiger partial charge < -0.3 is 14.5 Å². The monoisotopic (exact) mass is 522 g/mol. The second kappa shape index (κ2) is 10.7. The number of hydrogen-bond donors (Lipinski definition) is 0. The number of likely N-dealkylation sites (N-methyl/N-ethyl adjacent to an activating group) is 1. The molecular formula is C28H31FN4O5. The van der Waals surface area contributed by atoms with Gasteiger partial charge in [0.25, 0.3) is 17.6 Å². The molecule has 1 unspecified atom stereocenters. The van der Waals surface area contributed by atoms with Gasteiger partial charge in [-0.3, -0.25) is 28.6 Å². The number of rotatable bonds is 6. The number of carbonyl (C=O) groups excluding carboxylic acids is 4. The van der Waals surface area contributed by atoms with Crippen molar-refractivity contribution in [3.8, 4) is 5.75 Å². The summed E-state index contributed by atoms with van der Waals surface area (Å²) in [5.41, 5.74) is 1.65. The molecule has 1 saturated heterocycles. The minimum atomic E-state index is -0.772. The molecule has 2 amide bonds. The van der Waals surface area contributed by atoms with Gasteiger partial charge in [0.05, 0.1) is 23.8 Å². The van der Waals surface area contributed by atoms with E-state index in [4.69, 9.17) is 4.74 Å². The minimum absolute atomic E-state index is 0.0442. The Hall–Kier alpha value is -4.05. The van der Waals surface area contributed by atoms with E-state index in [0.717, 1.165) is 5.56 Å². The lowest BCUT2D eigenvalue weighted by Crippen LogP contribution is -2.53. The van der Waals surface area contributed by atoms with Crippen LogP contribution in [0.1, 0.15) is 44.9 Å². The molecule has 1 aromatic heterocycles. The van der Waals surface area contributed by atoms with E-state index in [1.807, 2.05) is 6.92 Å². The molecule has 2 heterocycles. The summed E-state index contributed by atoms with van der Waals surface area (Å²) in [6.45, 7) is 5.65. The predicted molar refractivity (Wildman–Crippen MR) is 140 cm³/mol. The first kappa shape index (κ1) is 27.0. The van der Waals surface area contributed by atoms with Gasteiger partial charge in [-0.25, -0.2) is 4.39 Å². The highest BCUT2D eigenvalue weighted by Gasteiger charge is 2.31. The van der Waals surface area contributed by atoms with Crippen molar-refractivity contribution in [3.05, 3.63) is 65.1 Å². The predicted octanol–water partition coefficient (Wildman–Crippen LogP) is 3.07. The summed E-state index contributed by atoms with van der Waals surface area (Å²) in [6.07, 6.45) is 1.33. The molecule has 200 valence electrons. The van der Waals surface area contributed by atoms with Gasteiger partial charge in [-0.05, 0) is 30.7 Å². The number of amides is 2. The fourth-order valence-electron chi connectivity index (χ4n) is 4.83. The number of nitrogens with zero attached hydrogens (tertiary/aromatic N) is 4. The summed E-state index contributed by atoms with van der Waals surface area (Å²) < 4.78 is 20.1. The van der Waals surface area contributed by atoms with Crippen LogP contribution in [0, 0.1) is 5.82 Å². The molecule has 1 atom stereocenters. The lowest BCUT2D eigenvalue weighted by Gasteiger charge is -2.40. The van der Waals surface area contributed by atoms with Crippen LogP contribution >= 0.6 is 0 Å². The van der Waals surface area contributed by atoms with Gasteiger partial charge in [0.15, 0.2) is 0 Å². The number of piperazine rings is 1. The molecule has 0 bridgehead atoms. The summed E-state index contributed by atoms with van der Waals surface area (Å²) in [5, 5.41) is 0.326. The maximum Gasteiger partial charge on any atom is 0.294 e. The van der Waals surface area contributed by atoms with E-state index in [1.165, 1.54) is 62.0 Å². The van der Waals surface area contributed by atoms with E-state index in [2.05, 4.69) is 4.90 Å². The lowest BCUT2D eigenvalue weighted by molar-refractivity contribution is -0.124. The summed E-state index contributed by atoms with van der Waals surface area (Å²) in [5.74, 6) is -2.14. The molecule has 1 fully saturated rings. The van der Waals surface area contributed by atoms with E-state index < -0.39 is 11.7 Å². The maximum absolute atomic E-state index is 13.8. The number of ketones is 1. The normalized spacial score (nSPS) is 15.9. The van der Waals surface area contributed by atoms with Gasteiger partial charge in [-0.2, -0.15) is 0 Å². The second-order valence-electron chi connectivity index (χ2n) is 9.74. The van der Waals surface area contributed by atoms with Crippen LogP contribution in [0.25, 0.3) is 10.9 Å². The van der Waals surface area contributed by atoms with Crippen molar-refractivity contribution in [2.24, 2.45) is 0 Å². The number of Topliss-reactive ketones (excluding diaryl/α,β-unsaturated/α-hetero) is 1. The minimum Gasteiger partial charge on any atom is -0.496 e. The second-order valence-corrected chi connectivity index (χ2v) is 9.74. The van der Waals surface area contributed by atoms with Crippen LogP contribution in [0.3, 0.4) is 0 Å². The van der Waals surface area contributed by atoms with Crippen molar-refractivity contribution in [2.75, 3.05) is 40.8 Å². The Morgan fingerprint density at radius 2 is 1.74 bits per heavy atom. The number of halogens is 1. The first-order chi connectivity index (χ1) is 18.0. The van der Waals surface area contributed by atoms with Crippen LogP contribution in [-0.4, -0.2) is 89.7 Å². The topological polar surface area (TPSA) is 92.2 Å². The van der Waals surface area contributed by atoms with Crippen molar-refractivity contribution < 1.29 is 28.3 Å². The van der Waals surface area contributed by atoms with Crippen LogP contribution in [-0.2, 0) is 11.3 Å². The first-order valence-electron chi connectivity index (χ1n) is 12.3. The molecule has 0 N–H and O–H groups in total. The molecule has 0 radical (unpaired) electrons. The highest BCUT2D eigenvalue weighted by Crippen LogP contribution is 2.32. The van der Waals surface area contributed by atoms with E-state index >= 15 is 0 Å². The Morgan fingerprint density at radius 3 is 2.32 bits per heavy atom. The molecule has 1 aliphatic heterocycles. The summed E-state index contributed by atoms with van der Waals surface area (Å²) >= 11 is 0. The Balaban J connectivity index is 1.65. The highest BCUT2D eigenvalue weighted by molar-refractivity contribution is 6.45. The van der Waals surface area contributed by atoms with Crippen LogP contribution in [0.4, 0.5) is 4.39 Å². The van der Waals surface area contributed by atoms with Gasteiger partial charge in [-0.1, -0.05) is 12.1 Å². The number of methoxy groups -OCH3 is 1. The molecule has 0 spiro atoms. The van der Waals surface area contributed by atoms with Gasteiger partial charge in [-0.15, -0.1) is 0 Å². The third-order valence-electron chi connectivity index (χ3n) is 6.83. The van der Waals surface area contributed by atoms with Crippen molar-refractivity contribution in [1.82, 2.24) is 19.3 Å². The van der Waals surface area contributed by atoms with Crippen LogP contribution in [0.15, 0.2) is 42.6 Å². The van der Waals surface area contributed by atoms with Crippen molar-refractivity contribution in [1.29, 1.82) is 0 Å². The number of hydrogen-bond acceptors (Lipinski definition) is 6. The third-order valence-corrected chi connectivity index (χ3v) is 6.83. The number of ether oxygens (including phenoxy) is 1. The molecule has 9 nitrogen and oxygen atoms in total. The quantitative estimate of drug-likeness (QED) is 0.365. The first-order valence-corrected chi connectivity index (χ1v) is 12.3. The molecule has 10 heteroatoms. The fraction of sp³-hybridized carbons (Fsp3) is 0.357. The Labute approximate surface area is 220 Å². The largest absolute Gasteiger partial charge is 0.496 e. The molecule has 3 aromatic rings. The highest BCUT2D eigenvalue weighted by atomic mass is 19.1. The van der Waals surface area contributed by atoms with E-state index in [0.29, 0.717) is 37.1 Å². The molecule has 0 saturated carbocycles. The van der Waals surface area contributed by atoms with E-state index in [9.17, 15) is 23.6 Å². The fourth-order valence-corrected chi connectivity index (χ4v) is 4.83. The van der Waals surface area contributed by atoms with Crippen molar-refractivity contribution in [2.45, 2.75) is 26.4 Å². The zero-order valence-electron chi connectivity index (χ0n) is 22.2. The SMILES string of the molecule is COc1cc2c(cc1C(=O)N1CCN(Cc3ccc(F)cc3)CC1C)c(C(=O)C(=O)N(C)C)cn2C(C)=O. The van der Waals surface area contributed by atoms with E-state index in [1.54, 1.807) is 23.1 Å². The average Bonchev–Trinajstić information content (AvgIpc) is 3.26. The van der Waals surface area contributed by atoms with Gasteiger partial charge >= 0.3 is 0 Å². The molecule has 0 aliphatic carbocycles.